The first-order valence-electron chi connectivity index (χ1n) is 23.0. The summed E-state index contributed by atoms with van der Waals surface area (Å²) < 4.78 is 10.2. The van der Waals surface area contributed by atoms with Crippen molar-refractivity contribution in [3.05, 3.63) is 253 Å². The van der Waals surface area contributed by atoms with Crippen LogP contribution in [0.1, 0.15) is 31.2 Å². The quantitative estimate of drug-likeness (QED) is 0.134. The number of rotatable bonds is 9. The number of para-hydroxylation sites is 1. The van der Waals surface area contributed by atoms with Crippen molar-refractivity contribution in [2.45, 2.75) is 31.8 Å². The van der Waals surface area contributed by atoms with Gasteiger partial charge in [-0.25, -0.2) is 0 Å². The summed E-state index contributed by atoms with van der Waals surface area (Å²) in [7, 11) is 0. The number of allylic oxidation sites excluding steroid dienone is 14. The Bertz CT molecular complexity index is 3240. The largest absolute Gasteiger partial charge is 0.482 e. The minimum absolute atomic E-state index is 0.0644. The fourth-order valence-electron chi connectivity index (χ4n) is 11.7. The first-order chi connectivity index (χ1) is 32.1. The minimum Gasteiger partial charge on any atom is -0.482 e. The third-order valence-corrected chi connectivity index (χ3v) is 15.8. The Morgan fingerprint density at radius 1 is 0.662 bits per heavy atom. The van der Waals surface area contributed by atoms with Crippen LogP contribution in [0, 0.1) is 17.3 Å². The third-order valence-electron chi connectivity index (χ3n) is 14.6. The average molecular weight is 856 g/mol. The lowest BCUT2D eigenvalue weighted by Crippen LogP contribution is -2.40. The number of anilines is 3. The lowest BCUT2D eigenvalue weighted by Gasteiger charge is -2.46. The molecule has 3 heteroatoms. The van der Waals surface area contributed by atoms with Crippen LogP contribution < -0.4 is 9.64 Å². The molecule has 2 heterocycles. The third kappa shape index (κ3) is 6.28. The van der Waals surface area contributed by atoms with Gasteiger partial charge in [-0.05, 0) is 101 Å². The van der Waals surface area contributed by atoms with Gasteiger partial charge < -0.3 is 9.64 Å². The van der Waals surface area contributed by atoms with Gasteiger partial charge in [0.25, 0.3) is 0 Å². The number of nitrogens with zero attached hydrogens (tertiary/aromatic N) is 1. The molecule has 6 aromatic carbocycles. The Morgan fingerprint density at radius 3 is 2.03 bits per heavy atom. The number of benzene rings is 6. The Kier molecular flexibility index (Phi) is 9.76. The van der Waals surface area contributed by atoms with Gasteiger partial charge in [-0.1, -0.05) is 194 Å². The molecule has 0 bridgehead atoms. The molecule has 7 aromatic rings. The molecule has 1 aromatic heterocycles. The van der Waals surface area contributed by atoms with Crippen LogP contribution >= 0.6 is 11.3 Å². The summed E-state index contributed by atoms with van der Waals surface area (Å²) in [5, 5.41) is 2.63. The predicted octanol–water partition coefficient (Wildman–Crippen LogP) is 16.9. The second-order valence-corrected chi connectivity index (χ2v) is 18.9. The highest BCUT2D eigenvalue weighted by Crippen LogP contribution is 2.64. The number of thiophene rings is 1. The van der Waals surface area contributed by atoms with Crippen LogP contribution in [0.3, 0.4) is 0 Å². The van der Waals surface area contributed by atoms with Gasteiger partial charge in [0.05, 0.1) is 5.69 Å². The number of ether oxygens (including phenoxy) is 1. The molecule has 4 atom stereocenters. The summed E-state index contributed by atoms with van der Waals surface area (Å²) in [6.45, 7) is 6.50. The molecule has 0 amide bonds. The topological polar surface area (TPSA) is 12.5 Å². The van der Waals surface area contributed by atoms with Crippen molar-refractivity contribution in [1.82, 2.24) is 0 Å². The van der Waals surface area contributed by atoms with Crippen LogP contribution in [0.25, 0.3) is 42.4 Å². The van der Waals surface area contributed by atoms with Crippen molar-refractivity contribution < 1.29 is 4.74 Å². The lowest BCUT2D eigenvalue weighted by atomic mass is 9.56. The van der Waals surface area contributed by atoms with Gasteiger partial charge in [-0.3, -0.25) is 0 Å². The Labute approximate surface area is 386 Å². The van der Waals surface area contributed by atoms with Crippen molar-refractivity contribution in [2.75, 3.05) is 4.90 Å². The van der Waals surface area contributed by atoms with Gasteiger partial charge >= 0.3 is 0 Å². The summed E-state index contributed by atoms with van der Waals surface area (Å²) in [6.07, 6.45) is 31.6. The van der Waals surface area contributed by atoms with Crippen LogP contribution in [-0.4, -0.2) is 6.10 Å². The van der Waals surface area contributed by atoms with Crippen molar-refractivity contribution >= 4 is 48.6 Å². The van der Waals surface area contributed by atoms with E-state index in [1.807, 2.05) is 17.4 Å². The zero-order chi connectivity index (χ0) is 43.5. The Hall–Kier alpha value is -7.20. The monoisotopic (exact) mass is 855 g/mol. The van der Waals surface area contributed by atoms with Crippen LogP contribution in [0.2, 0.25) is 0 Å². The number of hydrogen-bond acceptors (Lipinski definition) is 3. The summed E-state index contributed by atoms with van der Waals surface area (Å²) in [4.78, 5) is 2.39. The molecule has 0 saturated carbocycles. The zero-order valence-electron chi connectivity index (χ0n) is 36.5. The van der Waals surface area contributed by atoms with Gasteiger partial charge in [0.15, 0.2) is 0 Å². The van der Waals surface area contributed by atoms with Crippen molar-refractivity contribution in [1.29, 1.82) is 0 Å². The molecule has 0 fully saturated rings. The SMILES string of the molecule is C=C/C=C\C1=C(C)C(C2C=CC=CC2)(C2C=CC=CC2)C2=C1C1Oc3c(cccc3N(c3ccc(-c4ccccc4)cc3)c3ccc(-c4cccc5c4sc4ccccc45)cc3)C1C=C2. The molecular weight excluding hydrogens is 807 g/mol. The van der Waals surface area contributed by atoms with E-state index < -0.39 is 0 Å². The summed E-state index contributed by atoms with van der Waals surface area (Å²) in [5.74, 6) is 1.64. The molecule has 4 aliphatic carbocycles. The predicted molar refractivity (Wildman–Crippen MR) is 275 cm³/mol. The van der Waals surface area contributed by atoms with Crippen molar-refractivity contribution in [3.8, 4) is 28.0 Å². The van der Waals surface area contributed by atoms with E-state index in [2.05, 4.69) is 231 Å². The Balaban J connectivity index is 0.987. The van der Waals surface area contributed by atoms with Gasteiger partial charge in [-0.15, -0.1) is 11.3 Å². The van der Waals surface area contributed by atoms with E-state index in [0.717, 1.165) is 35.7 Å². The van der Waals surface area contributed by atoms with E-state index in [1.165, 1.54) is 70.3 Å². The second kappa shape index (κ2) is 16.1. The van der Waals surface area contributed by atoms with E-state index in [0.29, 0.717) is 11.8 Å². The van der Waals surface area contributed by atoms with Crippen LogP contribution in [0.15, 0.2) is 247 Å². The Morgan fingerprint density at radius 2 is 1.32 bits per heavy atom. The van der Waals surface area contributed by atoms with E-state index in [-0.39, 0.29) is 17.4 Å². The van der Waals surface area contributed by atoms with Crippen LogP contribution in [0.4, 0.5) is 17.1 Å². The molecule has 0 radical (unpaired) electrons. The molecule has 0 saturated heterocycles. The summed E-state index contributed by atoms with van der Waals surface area (Å²) in [6, 6.07) is 50.9. The van der Waals surface area contributed by atoms with Crippen LogP contribution in [0.5, 0.6) is 5.75 Å². The molecule has 65 heavy (non-hydrogen) atoms. The minimum atomic E-state index is -0.213. The maximum atomic E-state index is 7.56. The van der Waals surface area contributed by atoms with E-state index >= 15 is 0 Å². The lowest BCUT2D eigenvalue weighted by molar-refractivity contribution is 0.226. The average Bonchev–Trinajstić information content (AvgIpc) is 4.03. The molecule has 0 spiro atoms. The normalized spacial score (nSPS) is 22.8. The molecule has 314 valence electrons. The zero-order valence-corrected chi connectivity index (χ0v) is 37.3. The maximum absolute atomic E-state index is 7.56. The highest BCUT2D eigenvalue weighted by Gasteiger charge is 2.56. The molecule has 2 nitrogen and oxygen atoms in total. The smallest absolute Gasteiger partial charge is 0.148 e. The fourth-order valence-corrected chi connectivity index (χ4v) is 13.0. The second-order valence-electron chi connectivity index (χ2n) is 17.8. The molecular formula is C62H49NOS. The first-order valence-corrected chi connectivity index (χ1v) is 23.8. The summed E-state index contributed by atoms with van der Waals surface area (Å²) in [5.41, 5.74) is 14.5. The van der Waals surface area contributed by atoms with Gasteiger partial charge in [0.1, 0.15) is 11.9 Å². The van der Waals surface area contributed by atoms with E-state index in [1.54, 1.807) is 0 Å². The summed E-state index contributed by atoms with van der Waals surface area (Å²) >= 11 is 1.88. The molecule has 5 aliphatic rings. The molecule has 12 rings (SSSR count). The highest BCUT2D eigenvalue weighted by molar-refractivity contribution is 7.26. The first kappa shape index (κ1) is 39.4. The number of hydrogen-bond donors (Lipinski definition) is 0. The fraction of sp³-hybridized carbons (Fsp3) is 0.129. The van der Waals surface area contributed by atoms with Crippen LogP contribution in [-0.2, 0) is 0 Å². The maximum Gasteiger partial charge on any atom is 0.148 e. The number of fused-ring (bicyclic) bond motifs is 7. The van der Waals surface area contributed by atoms with Gasteiger partial charge in [-0.2, -0.15) is 0 Å². The molecule has 0 N–H and O–H groups in total. The molecule has 1 aliphatic heterocycles. The van der Waals surface area contributed by atoms with Gasteiger partial charge in [0.2, 0.25) is 0 Å². The highest BCUT2D eigenvalue weighted by atomic mass is 32.1. The standard InChI is InChI=1S/C62H49NOS/c1-3-4-24-49-41(2)62(45-20-10-6-11-21-45,46-22-12-7-13-23-46)55-40-39-53-52-27-17-29-56(59(52)64-60(53)58(49)55)63(47-35-31-43(32-36-47)42-18-8-5-9-19-42)48-37-33-44(34-38-48)50-26-16-28-54-51-25-14-15-30-57(51)65-61(50)54/h3-20,22,24-40,45-46,53,60H,1,21,23H2,2H3/b24-4-. The van der Waals surface area contributed by atoms with Crippen molar-refractivity contribution in [2.24, 2.45) is 17.3 Å². The van der Waals surface area contributed by atoms with Gasteiger partial charge in [0, 0.05) is 54.0 Å². The molecule has 4 unspecified atom stereocenters. The van der Waals surface area contributed by atoms with Crippen molar-refractivity contribution in [3.63, 3.8) is 0 Å². The van der Waals surface area contributed by atoms with E-state index in [9.17, 15) is 0 Å². The van der Waals surface area contributed by atoms with E-state index in [4.69, 9.17) is 4.74 Å².